The third-order valence-electron chi connectivity index (χ3n) is 3.42. The molecule has 4 rings (SSSR count). The number of para-hydroxylation sites is 1. The molecule has 0 aliphatic carbocycles. The van der Waals surface area contributed by atoms with Gasteiger partial charge in [0.1, 0.15) is 0 Å². The van der Waals surface area contributed by atoms with E-state index in [0.29, 0.717) is 38.1 Å². The normalized spacial score (nSPS) is 10.9. The van der Waals surface area contributed by atoms with Crippen molar-refractivity contribution >= 4 is 69.1 Å². The van der Waals surface area contributed by atoms with E-state index in [1.165, 1.54) is 0 Å². The minimum Gasteiger partial charge on any atom is -0.336 e. The van der Waals surface area contributed by atoms with Crippen LogP contribution in [0.5, 0.6) is 0 Å². The van der Waals surface area contributed by atoms with Crippen LogP contribution >= 0.6 is 34.8 Å². The van der Waals surface area contributed by atoms with Crippen molar-refractivity contribution < 1.29 is 4.63 Å². The number of benzene rings is 2. The number of fused-ring (bicyclic) bond motifs is 1. The number of halogens is 3. The maximum Gasteiger partial charge on any atom is 0.245 e. The Morgan fingerprint density at radius 2 is 1.35 bits per heavy atom. The Hall–Kier alpha value is -2.61. The molecule has 2 N–H and O–H groups in total. The molecule has 0 atom stereocenters. The summed E-state index contributed by atoms with van der Waals surface area (Å²) in [6, 6.07) is 12.3. The van der Waals surface area contributed by atoms with E-state index in [9.17, 15) is 0 Å². The first-order valence-electron chi connectivity index (χ1n) is 7.34. The quantitative estimate of drug-likeness (QED) is 0.464. The highest BCUT2D eigenvalue weighted by Crippen LogP contribution is 2.33. The highest BCUT2D eigenvalue weighted by molar-refractivity contribution is 6.35. The van der Waals surface area contributed by atoms with Crippen LogP contribution < -0.4 is 10.6 Å². The Morgan fingerprint density at radius 3 is 2.04 bits per heavy atom. The molecule has 2 aromatic heterocycles. The van der Waals surface area contributed by atoms with Gasteiger partial charge in [-0.2, -0.15) is 0 Å². The molecular formula is C16H9Cl3N6O. The van der Waals surface area contributed by atoms with Crippen LogP contribution in [0.3, 0.4) is 0 Å². The zero-order chi connectivity index (χ0) is 18.1. The van der Waals surface area contributed by atoms with Crippen molar-refractivity contribution in [2.75, 3.05) is 10.6 Å². The number of aromatic nitrogens is 4. The van der Waals surface area contributed by atoms with E-state index in [1.54, 1.807) is 24.3 Å². The van der Waals surface area contributed by atoms with Gasteiger partial charge in [0.2, 0.25) is 11.3 Å². The SMILES string of the molecule is Clc1ccc(Cl)c(Nc2nc3nonc3nc2Nc2ccccc2Cl)c1. The van der Waals surface area contributed by atoms with Crippen LogP contribution in [-0.2, 0) is 0 Å². The van der Waals surface area contributed by atoms with Crippen LogP contribution in [0, 0.1) is 0 Å². The first-order valence-corrected chi connectivity index (χ1v) is 8.47. The van der Waals surface area contributed by atoms with Gasteiger partial charge < -0.3 is 10.6 Å². The number of nitrogens with zero attached hydrogens (tertiary/aromatic N) is 4. The molecular weight excluding hydrogens is 399 g/mol. The minimum atomic E-state index is 0.246. The highest BCUT2D eigenvalue weighted by atomic mass is 35.5. The van der Waals surface area contributed by atoms with E-state index in [-0.39, 0.29) is 11.3 Å². The summed E-state index contributed by atoms with van der Waals surface area (Å²) in [5.41, 5.74) is 1.71. The van der Waals surface area contributed by atoms with Gasteiger partial charge in [-0.1, -0.05) is 46.9 Å². The Morgan fingerprint density at radius 1 is 0.731 bits per heavy atom. The average Bonchev–Trinajstić information content (AvgIpc) is 3.07. The van der Waals surface area contributed by atoms with E-state index in [4.69, 9.17) is 34.8 Å². The molecule has 130 valence electrons. The standard InChI is InChI=1S/C16H9Cl3N6O/c17-8-5-6-10(19)12(7-8)21-14-13(20-11-4-2-1-3-9(11)18)22-15-16(23-14)25-26-24-15/h1-7H,(H,20,22,24)(H,21,23,25). The molecule has 0 aliphatic heterocycles. The Labute approximate surface area is 162 Å². The molecule has 0 fully saturated rings. The highest BCUT2D eigenvalue weighted by Gasteiger charge is 2.15. The summed E-state index contributed by atoms with van der Waals surface area (Å²) in [5, 5.41) is 15.2. The van der Waals surface area contributed by atoms with Crippen molar-refractivity contribution in [1.29, 1.82) is 0 Å². The number of nitrogens with one attached hydrogen (secondary N) is 2. The van der Waals surface area contributed by atoms with Crippen LogP contribution in [0.25, 0.3) is 11.3 Å². The van der Waals surface area contributed by atoms with Gasteiger partial charge >= 0.3 is 0 Å². The van der Waals surface area contributed by atoms with E-state index < -0.39 is 0 Å². The predicted octanol–water partition coefficient (Wildman–Crippen LogP) is 5.46. The van der Waals surface area contributed by atoms with Gasteiger partial charge in [0.25, 0.3) is 0 Å². The second kappa shape index (κ2) is 6.95. The monoisotopic (exact) mass is 406 g/mol. The molecule has 0 spiro atoms. The molecule has 0 aliphatic rings. The second-order valence-electron chi connectivity index (χ2n) is 5.19. The summed E-state index contributed by atoms with van der Waals surface area (Å²) < 4.78 is 4.69. The van der Waals surface area contributed by atoms with Crippen molar-refractivity contribution in [2.24, 2.45) is 0 Å². The lowest BCUT2D eigenvalue weighted by Gasteiger charge is -2.13. The van der Waals surface area contributed by atoms with Gasteiger partial charge in [-0.25, -0.2) is 14.6 Å². The molecule has 26 heavy (non-hydrogen) atoms. The van der Waals surface area contributed by atoms with Crippen molar-refractivity contribution in [3.8, 4) is 0 Å². The number of hydrogen-bond donors (Lipinski definition) is 2. The fourth-order valence-corrected chi connectivity index (χ4v) is 2.74. The maximum absolute atomic E-state index is 6.22. The van der Waals surface area contributed by atoms with Crippen molar-refractivity contribution in [3.05, 3.63) is 57.5 Å². The third-order valence-corrected chi connectivity index (χ3v) is 4.32. The zero-order valence-electron chi connectivity index (χ0n) is 12.9. The van der Waals surface area contributed by atoms with Crippen LogP contribution in [-0.4, -0.2) is 20.3 Å². The molecule has 7 nitrogen and oxygen atoms in total. The Kier molecular flexibility index (Phi) is 4.50. The molecule has 2 aromatic carbocycles. The van der Waals surface area contributed by atoms with Crippen LogP contribution in [0.15, 0.2) is 47.1 Å². The predicted molar refractivity (Wildman–Crippen MR) is 102 cm³/mol. The molecule has 2 heterocycles. The topological polar surface area (TPSA) is 88.8 Å². The van der Waals surface area contributed by atoms with E-state index in [1.807, 2.05) is 18.2 Å². The summed E-state index contributed by atoms with van der Waals surface area (Å²) in [4.78, 5) is 8.76. The van der Waals surface area contributed by atoms with Crippen molar-refractivity contribution in [2.45, 2.75) is 0 Å². The molecule has 0 radical (unpaired) electrons. The Balaban J connectivity index is 1.79. The molecule has 4 aromatic rings. The lowest BCUT2D eigenvalue weighted by atomic mass is 10.3. The summed E-state index contributed by atoms with van der Waals surface area (Å²) >= 11 is 18.5. The first kappa shape index (κ1) is 16.8. The van der Waals surface area contributed by atoms with E-state index in [0.717, 1.165) is 0 Å². The fourth-order valence-electron chi connectivity index (χ4n) is 2.22. The van der Waals surface area contributed by atoms with Gasteiger partial charge in [0, 0.05) is 5.02 Å². The molecule has 0 bridgehead atoms. The van der Waals surface area contributed by atoms with Crippen LogP contribution in [0.1, 0.15) is 0 Å². The largest absolute Gasteiger partial charge is 0.336 e. The molecule has 0 unspecified atom stereocenters. The smallest absolute Gasteiger partial charge is 0.245 e. The lowest BCUT2D eigenvalue weighted by Crippen LogP contribution is -2.04. The number of hydrogen-bond acceptors (Lipinski definition) is 7. The van der Waals surface area contributed by atoms with Gasteiger partial charge in [-0.15, -0.1) is 0 Å². The zero-order valence-corrected chi connectivity index (χ0v) is 15.1. The maximum atomic E-state index is 6.22. The summed E-state index contributed by atoms with van der Waals surface area (Å²) in [7, 11) is 0. The third kappa shape index (κ3) is 3.37. The first-order chi connectivity index (χ1) is 12.6. The molecule has 10 heteroatoms. The van der Waals surface area contributed by atoms with Crippen LogP contribution in [0.2, 0.25) is 15.1 Å². The van der Waals surface area contributed by atoms with Crippen LogP contribution in [0.4, 0.5) is 23.0 Å². The van der Waals surface area contributed by atoms with E-state index in [2.05, 4.69) is 35.5 Å². The van der Waals surface area contributed by atoms with E-state index >= 15 is 0 Å². The molecule has 0 amide bonds. The van der Waals surface area contributed by atoms with Gasteiger partial charge in [0.05, 0.1) is 21.4 Å². The molecule has 0 saturated carbocycles. The number of rotatable bonds is 4. The van der Waals surface area contributed by atoms with Gasteiger partial charge in [-0.3, -0.25) is 0 Å². The minimum absolute atomic E-state index is 0.246. The van der Waals surface area contributed by atoms with Gasteiger partial charge in [0.15, 0.2) is 11.6 Å². The Bertz CT molecular complexity index is 1100. The number of anilines is 4. The van der Waals surface area contributed by atoms with Crippen molar-refractivity contribution in [3.63, 3.8) is 0 Å². The fraction of sp³-hybridized carbons (Fsp3) is 0. The van der Waals surface area contributed by atoms with Crippen molar-refractivity contribution in [1.82, 2.24) is 20.3 Å². The second-order valence-corrected chi connectivity index (χ2v) is 6.44. The summed E-state index contributed by atoms with van der Waals surface area (Å²) in [6.07, 6.45) is 0. The molecule has 0 saturated heterocycles. The van der Waals surface area contributed by atoms with Gasteiger partial charge in [-0.05, 0) is 40.6 Å². The average molecular weight is 408 g/mol. The lowest BCUT2D eigenvalue weighted by molar-refractivity contribution is 0.314. The summed E-state index contributed by atoms with van der Waals surface area (Å²) in [6.45, 7) is 0. The summed E-state index contributed by atoms with van der Waals surface area (Å²) in [5.74, 6) is 0.731.